The summed E-state index contributed by atoms with van der Waals surface area (Å²) in [7, 11) is 0. The van der Waals surface area contributed by atoms with Gasteiger partial charge in [0, 0.05) is 18.5 Å². The maximum atomic E-state index is 12.8. The van der Waals surface area contributed by atoms with Gasteiger partial charge in [-0.15, -0.1) is 0 Å². The van der Waals surface area contributed by atoms with Crippen molar-refractivity contribution >= 4 is 5.78 Å². The fraction of sp³-hybridized carbons (Fsp3) is 0.588. The molecule has 0 N–H and O–H groups in total. The van der Waals surface area contributed by atoms with Crippen LogP contribution in [0.4, 0.5) is 0 Å². The summed E-state index contributed by atoms with van der Waals surface area (Å²) in [6.45, 7) is 4.51. The van der Waals surface area contributed by atoms with E-state index in [0.717, 1.165) is 25.7 Å². The number of benzene rings is 1. The monoisotopic (exact) mass is 257 g/mol. The van der Waals surface area contributed by atoms with E-state index in [1.165, 1.54) is 12.0 Å². The van der Waals surface area contributed by atoms with Gasteiger partial charge < -0.3 is 0 Å². The van der Waals surface area contributed by atoms with Gasteiger partial charge >= 0.3 is 0 Å². The van der Waals surface area contributed by atoms with Gasteiger partial charge in [0.25, 0.3) is 0 Å². The highest BCUT2D eigenvalue weighted by molar-refractivity contribution is 5.90. The Morgan fingerprint density at radius 2 is 1.79 bits per heavy atom. The summed E-state index contributed by atoms with van der Waals surface area (Å²) >= 11 is 0. The van der Waals surface area contributed by atoms with Gasteiger partial charge in [0.05, 0.1) is 0 Å². The first-order valence-corrected chi connectivity index (χ1v) is 7.53. The van der Waals surface area contributed by atoms with Crippen molar-refractivity contribution < 1.29 is 4.79 Å². The van der Waals surface area contributed by atoms with Crippen LogP contribution in [0.5, 0.6) is 0 Å². The van der Waals surface area contributed by atoms with Gasteiger partial charge in [-0.2, -0.15) is 0 Å². The molecule has 3 atom stereocenters. The number of ketones is 1. The Hall–Kier alpha value is -1.15. The Balaban J connectivity index is 2.07. The van der Waals surface area contributed by atoms with Gasteiger partial charge in [-0.05, 0) is 38.7 Å². The minimum atomic E-state index is -0.337. The van der Waals surface area contributed by atoms with Crippen LogP contribution in [-0.2, 0) is 10.3 Å². The zero-order chi connectivity index (χ0) is 13.5. The van der Waals surface area contributed by atoms with E-state index >= 15 is 0 Å². The predicted molar refractivity (Wildman–Crippen MR) is 77.0 cm³/mol. The van der Waals surface area contributed by atoms with E-state index in [9.17, 15) is 4.79 Å². The van der Waals surface area contributed by atoms with Crippen LogP contribution in [0.1, 0.15) is 51.5 Å². The molecule has 2 nitrogen and oxygen atoms in total. The Morgan fingerprint density at radius 1 is 1.11 bits per heavy atom. The summed E-state index contributed by atoms with van der Waals surface area (Å²) in [5.41, 5.74) is 0.870. The van der Waals surface area contributed by atoms with Crippen molar-refractivity contribution in [3.8, 4) is 0 Å². The van der Waals surface area contributed by atoms with E-state index in [1.54, 1.807) is 0 Å². The lowest BCUT2D eigenvalue weighted by molar-refractivity contribution is -0.149. The lowest BCUT2D eigenvalue weighted by atomic mass is 9.70. The first-order valence-electron chi connectivity index (χ1n) is 7.53. The normalized spacial score (nSPS) is 36.0. The average molecular weight is 257 g/mol. The van der Waals surface area contributed by atoms with Crippen LogP contribution in [0.2, 0.25) is 0 Å². The van der Waals surface area contributed by atoms with Crippen LogP contribution in [0.3, 0.4) is 0 Å². The Bertz CT molecular complexity index is 461. The van der Waals surface area contributed by atoms with E-state index in [0.29, 0.717) is 17.9 Å². The summed E-state index contributed by atoms with van der Waals surface area (Å²) in [5, 5.41) is 0. The van der Waals surface area contributed by atoms with E-state index in [2.05, 4.69) is 43.0 Å². The number of carbonyl (C=O) groups excluding carboxylic acids is 1. The standard InChI is InChI=1S/C17H23NO/c1-13-12-14(2)18(13)17(11-7-6-10-16(17)19)15-8-4-3-5-9-15/h3-5,8-9,13-14H,6-7,10-12H2,1-2H3. The van der Waals surface area contributed by atoms with E-state index < -0.39 is 0 Å². The van der Waals surface area contributed by atoms with Crippen molar-refractivity contribution in [1.82, 2.24) is 4.90 Å². The smallest absolute Gasteiger partial charge is 0.157 e. The largest absolute Gasteiger partial charge is 0.297 e. The minimum absolute atomic E-state index is 0.337. The molecule has 3 unspecified atom stereocenters. The van der Waals surface area contributed by atoms with Gasteiger partial charge in [-0.25, -0.2) is 0 Å². The van der Waals surface area contributed by atoms with Crippen LogP contribution >= 0.6 is 0 Å². The van der Waals surface area contributed by atoms with Crippen LogP contribution in [-0.4, -0.2) is 22.8 Å². The second-order valence-electron chi connectivity index (χ2n) is 6.20. The SMILES string of the molecule is CC1CC(C)N1C1(c2ccccc2)CCCCC1=O. The molecule has 2 heteroatoms. The Labute approximate surface area is 115 Å². The quantitative estimate of drug-likeness (QED) is 0.808. The molecule has 0 amide bonds. The van der Waals surface area contributed by atoms with E-state index in [1.807, 2.05) is 6.07 Å². The van der Waals surface area contributed by atoms with Gasteiger partial charge in [-0.3, -0.25) is 9.69 Å². The van der Waals surface area contributed by atoms with Crippen LogP contribution in [0.15, 0.2) is 30.3 Å². The molecule has 1 saturated heterocycles. The van der Waals surface area contributed by atoms with Gasteiger partial charge in [0.15, 0.2) is 5.78 Å². The van der Waals surface area contributed by atoms with Gasteiger partial charge in [-0.1, -0.05) is 36.8 Å². The summed E-state index contributed by atoms with van der Waals surface area (Å²) in [5.74, 6) is 0.434. The molecular formula is C17H23NO. The van der Waals surface area contributed by atoms with Crippen molar-refractivity contribution in [1.29, 1.82) is 0 Å². The fourth-order valence-electron chi connectivity index (χ4n) is 4.22. The molecule has 19 heavy (non-hydrogen) atoms. The highest BCUT2D eigenvalue weighted by atomic mass is 16.1. The number of rotatable bonds is 2. The van der Waals surface area contributed by atoms with Gasteiger partial charge in [0.2, 0.25) is 0 Å². The molecule has 3 rings (SSSR count). The van der Waals surface area contributed by atoms with Crippen LogP contribution in [0, 0.1) is 0 Å². The maximum Gasteiger partial charge on any atom is 0.157 e. The molecule has 2 fully saturated rings. The van der Waals surface area contributed by atoms with E-state index in [4.69, 9.17) is 0 Å². The third-order valence-electron chi connectivity index (χ3n) is 4.98. The number of carbonyl (C=O) groups is 1. The molecule has 1 heterocycles. The van der Waals surface area contributed by atoms with Crippen molar-refractivity contribution in [3.05, 3.63) is 35.9 Å². The summed E-state index contributed by atoms with van der Waals surface area (Å²) in [6.07, 6.45) is 5.16. The van der Waals surface area contributed by atoms with E-state index in [-0.39, 0.29) is 5.54 Å². The number of hydrogen-bond donors (Lipinski definition) is 0. The molecule has 2 aliphatic rings. The molecule has 0 aromatic heterocycles. The Morgan fingerprint density at radius 3 is 2.37 bits per heavy atom. The molecule has 0 radical (unpaired) electrons. The number of likely N-dealkylation sites (tertiary alicyclic amines) is 1. The zero-order valence-corrected chi connectivity index (χ0v) is 11.9. The predicted octanol–water partition coefficient (Wildman–Crippen LogP) is 3.51. The maximum absolute atomic E-state index is 12.8. The second kappa shape index (κ2) is 4.75. The van der Waals surface area contributed by atoms with Gasteiger partial charge in [0.1, 0.15) is 5.54 Å². The molecule has 102 valence electrons. The van der Waals surface area contributed by atoms with Crippen LogP contribution in [0.25, 0.3) is 0 Å². The number of Topliss-reactive ketones (excluding diaryl/α,β-unsaturated/α-hetero) is 1. The minimum Gasteiger partial charge on any atom is -0.297 e. The lowest BCUT2D eigenvalue weighted by Crippen LogP contribution is -2.66. The first kappa shape index (κ1) is 12.9. The Kier molecular flexibility index (Phi) is 3.22. The molecular weight excluding hydrogens is 234 g/mol. The third-order valence-corrected chi connectivity index (χ3v) is 4.98. The highest BCUT2D eigenvalue weighted by Gasteiger charge is 2.53. The number of nitrogens with zero attached hydrogens (tertiary/aromatic N) is 1. The molecule has 0 spiro atoms. The molecule has 1 aromatic carbocycles. The van der Waals surface area contributed by atoms with Crippen LogP contribution < -0.4 is 0 Å². The third kappa shape index (κ3) is 1.85. The summed E-state index contributed by atoms with van der Waals surface area (Å²) < 4.78 is 0. The molecule has 1 aromatic rings. The summed E-state index contributed by atoms with van der Waals surface area (Å²) in [6, 6.07) is 11.5. The fourth-order valence-corrected chi connectivity index (χ4v) is 4.22. The average Bonchev–Trinajstić information content (AvgIpc) is 2.42. The highest BCUT2D eigenvalue weighted by Crippen LogP contribution is 2.46. The lowest BCUT2D eigenvalue weighted by Gasteiger charge is -2.57. The van der Waals surface area contributed by atoms with Crippen molar-refractivity contribution in [2.75, 3.05) is 0 Å². The second-order valence-corrected chi connectivity index (χ2v) is 6.20. The molecule has 1 saturated carbocycles. The van der Waals surface area contributed by atoms with Crippen molar-refractivity contribution in [2.45, 2.75) is 63.6 Å². The topological polar surface area (TPSA) is 20.3 Å². The zero-order valence-electron chi connectivity index (χ0n) is 11.9. The summed E-state index contributed by atoms with van der Waals surface area (Å²) in [4.78, 5) is 15.3. The molecule has 0 bridgehead atoms. The number of hydrogen-bond acceptors (Lipinski definition) is 2. The molecule has 1 aliphatic carbocycles. The van der Waals surface area contributed by atoms with Crippen molar-refractivity contribution in [2.24, 2.45) is 0 Å². The van der Waals surface area contributed by atoms with Crippen molar-refractivity contribution in [3.63, 3.8) is 0 Å². The molecule has 1 aliphatic heterocycles. The first-order chi connectivity index (χ1) is 9.16.